The number of fused-ring (bicyclic) bond motifs is 1. The molecule has 9 heteroatoms. The van der Waals surface area contributed by atoms with Crippen molar-refractivity contribution in [1.82, 2.24) is 4.90 Å². The molecule has 1 aliphatic rings. The molecule has 0 aliphatic carbocycles. The Balaban J connectivity index is 2.08. The molecular weight excluding hydrogens is 336 g/mol. The van der Waals surface area contributed by atoms with Gasteiger partial charge in [0.2, 0.25) is 5.91 Å². The molecule has 1 aromatic rings. The molecule has 0 saturated heterocycles. The van der Waals surface area contributed by atoms with Crippen LogP contribution < -0.4 is 15.2 Å². The van der Waals surface area contributed by atoms with Crippen LogP contribution in [0.3, 0.4) is 0 Å². The average molecular weight is 358 g/mol. The van der Waals surface area contributed by atoms with Gasteiger partial charge in [-0.05, 0) is 36.1 Å². The van der Waals surface area contributed by atoms with E-state index >= 15 is 0 Å². The fraction of sp³-hybridized carbons (Fsp3) is 0.533. The van der Waals surface area contributed by atoms with Crippen LogP contribution >= 0.6 is 0 Å². The van der Waals surface area contributed by atoms with Crippen LogP contribution in [-0.4, -0.2) is 56.3 Å². The third-order valence-electron chi connectivity index (χ3n) is 4.18. The molecule has 0 spiro atoms. The third kappa shape index (κ3) is 4.16. The second-order valence-corrected chi connectivity index (χ2v) is 7.30. The highest BCUT2D eigenvalue weighted by Gasteiger charge is 2.30. The topological polar surface area (TPSA) is 119 Å². The van der Waals surface area contributed by atoms with Crippen molar-refractivity contribution in [2.75, 3.05) is 27.3 Å². The van der Waals surface area contributed by atoms with Crippen LogP contribution in [0.5, 0.6) is 11.5 Å². The zero-order chi connectivity index (χ0) is 17.9. The van der Waals surface area contributed by atoms with Crippen LogP contribution in [0.15, 0.2) is 12.1 Å². The zero-order valence-electron chi connectivity index (χ0n) is 13.7. The summed E-state index contributed by atoms with van der Waals surface area (Å²) in [5.74, 6) is 0.261. The molecule has 8 nitrogen and oxygen atoms in total. The molecule has 24 heavy (non-hydrogen) atoms. The van der Waals surface area contributed by atoms with E-state index in [1.54, 1.807) is 14.2 Å². The maximum Gasteiger partial charge on any atom is 0.276 e. The van der Waals surface area contributed by atoms with Gasteiger partial charge in [-0.3, -0.25) is 14.2 Å². The minimum Gasteiger partial charge on any atom is -0.493 e. The number of carbonyl (C=O) groups is 1. The summed E-state index contributed by atoms with van der Waals surface area (Å²) in [5.41, 5.74) is 7.26. The second kappa shape index (κ2) is 7.37. The maximum absolute atomic E-state index is 11.2. The summed E-state index contributed by atoms with van der Waals surface area (Å²) in [6.07, 6.45) is 0.722. The smallest absolute Gasteiger partial charge is 0.276 e. The first kappa shape index (κ1) is 18.5. The minimum absolute atomic E-state index is 0.0449. The molecule has 0 aromatic heterocycles. The third-order valence-corrected chi connectivity index (χ3v) is 5.37. The van der Waals surface area contributed by atoms with Crippen LogP contribution in [-0.2, 0) is 27.9 Å². The minimum atomic E-state index is -4.48. The molecular formula is C15H22N2O6S. The molecule has 0 saturated carbocycles. The van der Waals surface area contributed by atoms with Gasteiger partial charge < -0.3 is 15.2 Å². The first-order valence-corrected chi connectivity index (χ1v) is 8.98. The number of benzene rings is 1. The van der Waals surface area contributed by atoms with Gasteiger partial charge in [0.25, 0.3) is 10.1 Å². The van der Waals surface area contributed by atoms with Crippen LogP contribution in [0.2, 0.25) is 0 Å². The molecule has 0 radical (unpaired) electrons. The Morgan fingerprint density at radius 3 is 2.38 bits per heavy atom. The Kier molecular flexibility index (Phi) is 5.68. The summed E-state index contributed by atoms with van der Waals surface area (Å²) in [6, 6.07) is 3.84. The molecule has 1 atom stereocenters. The molecule has 0 fully saturated rings. The second-order valence-electron chi connectivity index (χ2n) is 5.70. The molecule has 1 amide bonds. The summed E-state index contributed by atoms with van der Waals surface area (Å²) in [7, 11) is -1.34. The predicted octanol–water partition coefficient (Wildman–Crippen LogP) is 0.194. The SMILES string of the molecule is COc1cc2c(cc1OC)CN(CCC(C(N)=O)S(=O)(=O)O)CC2. The normalized spacial score (nSPS) is 16.3. The van der Waals surface area contributed by atoms with Crippen molar-refractivity contribution in [3.8, 4) is 11.5 Å². The lowest BCUT2D eigenvalue weighted by Crippen LogP contribution is -2.40. The average Bonchev–Trinajstić information content (AvgIpc) is 2.51. The molecule has 1 aliphatic heterocycles. The van der Waals surface area contributed by atoms with E-state index in [9.17, 15) is 13.2 Å². The highest BCUT2D eigenvalue weighted by molar-refractivity contribution is 7.87. The number of primary amides is 1. The fourth-order valence-corrected chi connectivity index (χ4v) is 3.57. The standard InChI is InChI=1S/C15H22N2O6S/c1-22-12-7-10-3-5-17(9-11(10)8-13(12)23-2)6-4-14(15(16)18)24(19,20)21/h7-8,14H,3-6,9H2,1-2H3,(H2,16,18)(H,19,20,21). The number of amides is 1. The predicted molar refractivity (Wildman–Crippen MR) is 87.7 cm³/mol. The van der Waals surface area contributed by atoms with Crippen molar-refractivity contribution in [2.45, 2.75) is 24.6 Å². The first-order chi connectivity index (χ1) is 11.3. The molecule has 3 N–H and O–H groups in total. The number of hydrogen-bond acceptors (Lipinski definition) is 6. The number of ether oxygens (including phenoxy) is 2. The summed E-state index contributed by atoms with van der Waals surface area (Å²) in [5, 5.41) is -1.58. The van der Waals surface area contributed by atoms with Crippen molar-refractivity contribution < 1.29 is 27.2 Å². The molecule has 1 unspecified atom stereocenters. The van der Waals surface area contributed by atoms with E-state index < -0.39 is 21.3 Å². The van der Waals surface area contributed by atoms with E-state index in [-0.39, 0.29) is 6.42 Å². The number of nitrogens with two attached hydrogens (primary N) is 1. The van der Waals surface area contributed by atoms with Gasteiger partial charge in [0.05, 0.1) is 14.2 Å². The summed E-state index contributed by atoms with van der Waals surface area (Å²) in [6.45, 7) is 1.63. The summed E-state index contributed by atoms with van der Waals surface area (Å²) in [4.78, 5) is 13.2. The van der Waals surface area contributed by atoms with E-state index in [2.05, 4.69) is 0 Å². The molecule has 0 bridgehead atoms. The van der Waals surface area contributed by atoms with E-state index in [1.165, 1.54) is 0 Å². The lowest BCUT2D eigenvalue weighted by Gasteiger charge is -2.30. The first-order valence-electron chi connectivity index (χ1n) is 7.48. The molecule has 1 heterocycles. The van der Waals surface area contributed by atoms with Gasteiger partial charge in [-0.2, -0.15) is 8.42 Å². The Bertz CT molecular complexity index is 719. The quantitative estimate of drug-likeness (QED) is 0.668. The number of methoxy groups -OCH3 is 2. The van der Waals surface area contributed by atoms with Gasteiger partial charge >= 0.3 is 0 Å². The Hall–Kier alpha value is -1.84. The molecule has 134 valence electrons. The highest BCUT2D eigenvalue weighted by atomic mass is 32.2. The van der Waals surface area contributed by atoms with Gasteiger partial charge in [-0.25, -0.2) is 0 Å². The van der Waals surface area contributed by atoms with Crippen LogP contribution in [0.25, 0.3) is 0 Å². The summed E-state index contributed by atoms with van der Waals surface area (Å²) < 4.78 is 42.1. The number of rotatable bonds is 7. The number of carbonyl (C=O) groups excluding carboxylic acids is 1. The Labute approximate surface area is 141 Å². The van der Waals surface area contributed by atoms with Gasteiger partial charge in [0.1, 0.15) is 0 Å². The van der Waals surface area contributed by atoms with Gasteiger partial charge in [0, 0.05) is 19.6 Å². The van der Waals surface area contributed by atoms with Crippen LogP contribution in [0.1, 0.15) is 17.5 Å². The van der Waals surface area contributed by atoms with Gasteiger partial charge in [0.15, 0.2) is 16.7 Å². The fourth-order valence-electron chi connectivity index (χ4n) is 2.87. The van der Waals surface area contributed by atoms with Crippen molar-refractivity contribution in [3.63, 3.8) is 0 Å². The van der Waals surface area contributed by atoms with E-state index in [1.807, 2.05) is 17.0 Å². The summed E-state index contributed by atoms with van der Waals surface area (Å²) >= 11 is 0. The van der Waals surface area contributed by atoms with Crippen molar-refractivity contribution in [3.05, 3.63) is 23.3 Å². The number of nitrogens with zero attached hydrogens (tertiary/aromatic N) is 1. The lowest BCUT2D eigenvalue weighted by atomic mass is 9.98. The highest BCUT2D eigenvalue weighted by Crippen LogP contribution is 2.33. The molecule has 2 rings (SSSR count). The van der Waals surface area contributed by atoms with E-state index in [0.717, 1.165) is 17.5 Å². The lowest BCUT2D eigenvalue weighted by molar-refractivity contribution is -0.117. The van der Waals surface area contributed by atoms with Crippen molar-refractivity contribution >= 4 is 16.0 Å². The van der Waals surface area contributed by atoms with Gasteiger partial charge in [-0.15, -0.1) is 0 Å². The van der Waals surface area contributed by atoms with Crippen molar-refractivity contribution in [1.29, 1.82) is 0 Å². The largest absolute Gasteiger partial charge is 0.493 e. The monoisotopic (exact) mass is 358 g/mol. The Morgan fingerprint density at radius 2 is 1.88 bits per heavy atom. The number of hydrogen-bond donors (Lipinski definition) is 2. The van der Waals surface area contributed by atoms with E-state index in [0.29, 0.717) is 31.1 Å². The van der Waals surface area contributed by atoms with E-state index in [4.69, 9.17) is 19.8 Å². The maximum atomic E-state index is 11.2. The van der Waals surface area contributed by atoms with Crippen LogP contribution in [0.4, 0.5) is 0 Å². The van der Waals surface area contributed by atoms with Crippen molar-refractivity contribution in [2.24, 2.45) is 5.73 Å². The Morgan fingerprint density at radius 1 is 1.29 bits per heavy atom. The zero-order valence-corrected chi connectivity index (χ0v) is 14.5. The van der Waals surface area contributed by atoms with Gasteiger partial charge in [-0.1, -0.05) is 0 Å². The molecule has 1 aromatic carbocycles. The van der Waals surface area contributed by atoms with Crippen LogP contribution in [0, 0.1) is 0 Å².